The van der Waals surface area contributed by atoms with Gasteiger partial charge in [-0.25, -0.2) is 0 Å². The normalized spacial score (nSPS) is 18.2. The summed E-state index contributed by atoms with van der Waals surface area (Å²) >= 11 is 6.85. The van der Waals surface area contributed by atoms with Crippen molar-refractivity contribution in [1.82, 2.24) is 4.98 Å². The molecule has 1 unspecified atom stereocenters. The quantitative estimate of drug-likeness (QED) is 0.863. The fraction of sp³-hybridized carbons (Fsp3) is 0.286. The highest BCUT2D eigenvalue weighted by Gasteiger charge is 2.25. The minimum atomic E-state index is 0.350. The molecule has 0 aromatic carbocycles. The van der Waals surface area contributed by atoms with E-state index < -0.39 is 0 Å². The molecule has 19 heavy (non-hydrogen) atoms. The molecule has 2 aromatic rings. The predicted molar refractivity (Wildman–Crippen MR) is 83.9 cm³/mol. The smallest absolute Gasteiger partial charge is 0.122 e. The van der Waals surface area contributed by atoms with Crippen LogP contribution in [0.1, 0.15) is 29.1 Å². The predicted octanol–water partition coefficient (Wildman–Crippen LogP) is 2.90. The second kappa shape index (κ2) is 4.90. The van der Waals surface area contributed by atoms with Crippen molar-refractivity contribution >= 4 is 34.2 Å². The van der Waals surface area contributed by atoms with E-state index in [0.29, 0.717) is 16.7 Å². The number of rotatable bonds is 2. The Morgan fingerprint density at radius 2 is 2.37 bits per heavy atom. The van der Waals surface area contributed by atoms with Crippen LogP contribution in [0.4, 0.5) is 5.69 Å². The van der Waals surface area contributed by atoms with Gasteiger partial charge < -0.3 is 10.6 Å². The Hall–Kier alpha value is -1.46. The maximum atomic E-state index is 5.66. The summed E-state index contributed by atoms with van der Waals surface area (Å²) in [4.78, 5) is 8.45. The Bertz CT molecular complexity index is 621. The molecule has 5 heteroatoms. The second-order valence-electron chi connectivity index (χ2n) is 4.68. The van der Waals surface area contributed by atoms with E-state index in [0.717, 1.165) is 18.7 Å². The molecule has 2 aromatic heterocycles. The molecule has 1 aliphatic rings. The van der Waals surface area contributed by atoms with Gasteiger partial charge >= 0.3 is 0 Å². The molecule has 0 saturated carbocycles. The number of thiophene rings is 1. The van der Waals surface area contributed by atoms with Gasteiger partial charge in [-0.1, -0.05) is 12.2 Å². The molecule has 98 valence electrons. The highest BCUT2D eigenvalue weighted by Crippen LogP contribution is 2.35. The summed E-state index contributed by atoms with van der Waals surface area (Å²) in [7, 11) is 0. The summed E-state index contributed by atoms with van der Waals surface area (Å²) in [5, 5.41) is 2.18. The summed E-state index contributed by atoms with van der Waals surface area (Å²) in [6.07, 6.45) is 2.88. The summed E-state index contributed by atoms with van der Waals surface area (Å²) < 4.78 is 0. The van der Waals surface area contributed by atoms with E-state index >= 15 is 0 Å². The van der Waals surface area contributed by atoms with Gasteiger partial charge in [0.15, 0.2) is 0 Å². The fourth-order valence-corrected chi connectivity index (χ4v) is 3.67. The van der Waals surface area contributed by atoms with Crippen molar-refractivity contribution in [2.45, 2.75) is 19.4 Å². The Morgan fingerprint density at radius 3 is 3.16 bits per heavy atom. The Kier molecular flexibility index (Phi) is 3.24. The van der Waals surface area contributed by atoms with Gasteiger partial charge in [-0.15, -0.1) is 11.3 Å². The number of nitrogens with two attached hydrogens (primary N) is 1. The van der Waals surface area contributed by atoms with Crippen LogP contribution in [0.3, 0.4) is 0 Å². The molecule has 0 amide bonds. The van der Waals surface area contributed by atoms with Crippen LogP contribution >= 0.6 is 23.6 Å². The molecule has 3 heterocycles. The van der Waals surface area contributed by atoms with E-state index in [2.05, 4.69) is 28.3 Å². The Balaban J connectivity index is 1.95. The van der Waals surface area contributed by atoms with Gasteiger partial charge in [0.1, 0.15) is 4.99 Å². The number of pyridine rings is 1. The van der Waals surface area contributed by atoms with Gasteiger partial charge in [-0.3, -0.25) is 4.98 Å². The van der Waals surface area contributed by atoms with Crippen LogP contribution in [0.25, 0.3) is 0 Å². The zero-order chi connectivity index (χ0) is 13.4. The van der Waals surface area contributed by atoms with Crippen LogP contribution < -0.4 is 10.6 Å². The molecule has 2 N–H and O–H groups in total. The zero-order valence-corrected chi connectivity index (χ0v) is 12.3. The first-order chi connectivity index (χ1) is 9.16. The summed E-state index contributed by atoms with van der Waals surface area (Å²) in [6, 6.07) is 6.62. The number of hydrogen-bond acceptors (Lipinski definition) is 4. The number of anilines is 1. The molecular formula is C14H15N3S2. The SMILES string of the molecule is CC1c2ccsc2CCN1c1ccnc(C(N)=S)c1. The topological polar surface area (TPSA) is 42.2 Å². The molecule has 1 aliphatic heterocycles. The third kappa shape index (κ3) is 2.24. The monoisotopic (exact) mass is 289 g/mol. The van der Waals surface area contributed by atoms with Gasteiger partial charge in [0.2, 0.25) is 0 Å². The molecule has 0 spiro atoms. The lowest BCUT2D eigenvalue weighted by atomic mass is 10.0. The van der Waals surface area contributed by atoms with Crippen molar-refractivity contribution in [3.05, 3.63) is 45.9 Å². The van der Waals surface area contributed by atoms with Crippen molar-refractivity contribution in [2.75, 3.05) is 11.4 Å². The molecule has 0 fully saturated rings. The largest absolute Gasteiger partial charge is 0.388 e. The van der Waals surface area contributed by atoms with Gasteiger partial charge in [0.05, 0.1) is 11.7 Å². The van der Waals surface area contributed by atoms with Crippen molar-refractivity contribution in [1.29, 1.82) is 0 Å². The molecule has 3 nitrogen and oxygen atoms in total. The highest BCUT2D eigenvalue weighted by molar-refractivity contribution is 7.80. The average Bonchev–Trinajstić information content (AvgIpc) is 2.88. The van der Waals surface area contributed by atoms with Gasteiger partial charge in [0.25, 0.3) is 0 Å². The van der Waals surface area contributed by atoms with Gasteiger partial charge in [-0.05, 0) is 42.5 Å². The van der Waals surface area contributed by atoms with Crippen LogP contribution in [-0.4, -0.2) is 16.5 Å². The van der Waals surface area contributed by atoms with E-state index in [-0.39, 0.29) is 0 Å². The van der Waals surface area contributed by atoms with Gasteiger partial charge in [-0.2, -0.15) is 0 Å². The minimum Gasteiger partial charge on any atom is -0.388 e. The maximum absolute atomic E-state index is 5.66. The van der Waals surface area contributed by atoms with E-state index in [1.54, 1.807) is 6.20 Å². The van der Waals surface area contributed by atoms with Crippen LogP contribution in [0, 0.1) is 0 Å². The van der Waals surface area contributed by atoms with E-state index in [9.17, 15) is 0 Å². The third-order valence-electron chi connectivity index (χ3n) is 3.60. The molecule has 1 atom stereocenters. The number of fused-ring (bicyclic) bond motifs is 1. The molecule has 0 bridgehead atoms. The first-order valence-electron chi connectivity index (χ1n) is 6.25. The zero-order valence-electron chi connectivity index (χ0n) is 10.7. The molecular weight excluding hydrogens is 274 g/mol. The second-order valence-corrected chi connectivity index (χ2v) is 6.12. The van der Waals surface area contributed by atoms with Crippen molar-refractivity contribution in [2.24, 2.45) is 5.73 Å². The molecule has 0 aliphatic carbocycles. The Labute approximate surface area is 122 Å². The van der Waals surface area contributed by atoms with Gasteiger partial charge in [0, 0.05) is 23.3 Å². The number of thiocarbonyl (C=S) groups is 1. The van der Waals surface area contributed by atoms with Crippen molar-refractivity contribution in [3.63, 3.8) is 0 Å². The lowest BCUT2D eigenvalue weighted by molar-refractivity contribution is 0.632. The summed E-state index contributed by atoms with van der Waals surface area (Å²) in [5.41, 5.74) is 8.93. The standard InChI is InChI=1S/C14H15N3S2/c1-9-11-4-7-19-13(11)3-6-17(9)10-2-5-16-12(8-10)14(15)18/h2,4-5,7-9H,3,6H2,1H3,(H2,15,18). The maximum Gasteiger partial charge on any atom is 0.122 e. The third-order valence-corrected chi connectivity index (χ3v) is 4.81. The van der Waals surface area contributed by atoms with Crippen LogP contribution in [-0.2, 0) is 6.42 Å². The summed E-state index contributed by atoms with van der Waals surface area (Å²) in [5.74, 6) is 0. The fourth-order valence-electron chi connectivity index (χ4n) is 2.59. The van der Waals surface area contributed by atoms with Crippen LogP contribution in [0.5, 0.6) is 0 Å². The van der Waals surface area contributed by atoms with E-state index in [1.807, 2.05) is 23.5 Å². The van der Waals surface area contributed by atoms with Crippen LogP contribution in [0.15, 0.2) is 29.8 Å². The molecule has 0 saturated heterocycles. The lowest BCUT2D eigenvalue weighted by Gasteiger charge is -2.35. The minimum absolute atomic E-state index is 0.350. The number of aromatic nitrogens is 1. The number of hydrogen-bond donors (Lipinski definition) is 1. The highest BCUT2D eigenvalue weighted by atomic mass is 32.1. The summed E-state index contributed by atoms with van der Waals surface area (Å²) in [6.45, 7) is 3.26. The first kappa shape index (κ1) is 12.6. The molecule has 0 radical (unpaired) electrons. The number of nitrogens with zero attached hydrogens (tertiary/aromatic N) is 2. The Morgan fingerprint density at radius 1 is 1.53 bits per heavy atom. The lowest BCUT2D eigenvalue weighted by Crippen LogP contribution is -2.33. The first-order valence-corrected chi connectivity index (χ1v) is 7.54. The molecule has 3 rings (SSSR count). The van der Waals surface area contributed by atoms with E-state index in [4.69, 9.17) is 18.0 Å². The van der Waals surface area contributed by atoms with Crippen molar-refractivity contribution in [3.8, 4) is 0 Å². The van der Waals surface area contributed by atoms with E-state index in [1.165, 1.54) is 10.4 Å². The average molecular weight is 289 g/mol. The van der Waals surface area contributed by atoms with Crippen LogP contribution in [0.2, 0.25) is 0 Å². The van der Waals surface area contributed by atoms with Crippen molar-refractivity contribution < 1.29 is 0 Å².